The Bertz CT molecular complexity index is 1220. The predicted molar refractivity (Wildman–Crippen MR) is 102 cm³/mol. The van der Waals surface area contributed by atoms with Crippen molar-refractivity contribution in [1.29, 1.82) is 0 Å². The fraction of sp³-hybridized carbons (Fsp3) is 0.0476. The van der Waals surface area contributed by atoms with E-state index in [-0.39, 0.29) is 17.5 Å². The van der Waals surface area contributed by atoms with Gasteiger partial charge in [-0.2, -0.15) is 0 Å². The number of rotatable bonds is 3. The van der Waals surface area contributed by atoms with Gasteiger partial charge in [-0.3, -0.25) is 14.3 Å². The third kappa shape index (κ3) is 3.34. The number of pyridine rings is 2. The van der Waals surface area contributed by atoms with Crippen molar-refractivity contribution in [2.24, 2.45) is 0 Å². The van der Waals surface area contributed by atoms with Gasteiger partial charge in [0.15, 0.2) is 11.6 Å². The van der Waals surface area contributed by atoms with Gasteiger partial charge in [-0.15, -0.1) is 0 Å². The van der Waals surface area contributed by atoms with Crippen LogP contribution in [-0.2, 0) is 6.42 Å². The summed E-state index contributed by atoms with van der Waals surface area (Å²) in [6.45, 7) is 0. The molecule has 0 fully saturated rings. The zero-order valence-electron chi connectivity index (χ0n) is 14.0. The number of nitrogens with zero attached hydrogens (tertiary/aromatic N) is 2. The maximum Gasteiger partial charge on any atom is 0.263 e. The molecule has 3 nitrogen and oxygen atoms in total. The maximum atomic E-state index is 13.9. The highest BCUT2D eigenvalue weighted by Gasteiger charge is 2.10. The molecule has 0 radical (unpaired) electrons. The Morgan fingerprint density at radius 3 is 2.74 bits per heavy atom. The molecule has 0 atom stereocenters. The van der Waals surface area contributed by atoms with Gasteiger partial charge in [-0.25, -0.2) is 8.78 Å². The van der Waals surface area contributed by atoms with Gasteiger partial charge in [-0.05, 0) is 52.9 Å². The number of halogens is 3. The fourth-order valence-corrected chi connectivity index (χ4v) is 3.21. The molecule has 2 aromatic carbocycles. The average Bonchev–Trinajstić information content (AvgIpc) is 2.66. The van der Waals surface area contributed by atoms with Crippen molar-refractivity contribution in [2.45, 2.75) is 6.42 Å². The standard InChI is InChI=1S/C21H13ClF2N2O/c22-16-4-5-18-14(10-16)6-7-26(21(18)27)17-9-13(11-25-12-17)8-15-2-1-3-19(23)20(15)24/h1-7,9-12H,8H2. The first-order chi connectivity index (χ1) is 13.0. The van der Waals surface area contributed by atoms with Gasteiger partial charge in [0, 0.05) is 29.2 Å². The Morgan fingerprint density at radius 2 is 1.89 bits per heavy atom. The predicted octanol–water partition coefficient (Wildman–Crippen LogP) is 4.91. The summed E-state index contributed by atoms with van der Waals surface area (Å²) in [6.07, 6.45) is 4.93. The Morgan fingerprint density at radius 1 is 1.04 bits per heavy atom. The lowest BCUT2D eigenvalue weighted by atomic mass is 10.1. The molecule has 0 amide bonds. The molecule has 2 aromatic heterocycles. The molecular weight excluding hydrogens is 370 g/mol. The van der Waals surface area contributed by atoms with Crippen LogP contribution < -0.4 is 5.56 Å². The van der Waals surface area contributed by atoms with E-state index < -0.39 is 11.6 Å². The summed E-state index contributed by atoms with van der Waals surface area (Å²) in [5, 5.41) is 1.83. The SMILES string of the molecule is O=c1c2ccc(Cl)cc2ccn1-c1cncc(Cc2cccc(F)c2F)c1. The van der Waals surface area contributed by atoms with E-state index in [2.05, 4.69) is 4.98 Å². The molecule has 0 aliphatic heterocycles. The van der Waals surface area contributed by atoms with Crippen LogP contribution in [0.4, 0.5) is 8.78 Å². The molecule has 2 heterocycles. The molecule has 0 saturated carbocycles. The highest BCUT2D eigenvalue weighted by molar-refractivity contribution is 6.31. The van der Waals surface area contributed by atoms with E-state index in [1.54, 1.807) is 48.9 Å². The third-order valence-electron chi connectivity index (χ3n) is 4.35. The van der Waals surface area contributed by atoms with Gasteiger partial charge in [0.25, 0.3) is 5.56 Å². The van der Waals surface area contributed by atoms with Crippen molar-refractivity contribution < 1.29 is 8.78 Å². The number of aromatic nitrogens is 2. The fourth-order valence-electron chi connectivity index (χ4n) is 3.03. The first-order valence-corrected chi connectivity index (χ1v) is 8.59. The lowest BCUT2D eigenvalue weighted by molar-refractivity contribution is 0.501. The van der Waals surface area contributed by atoms with Crippen molar-refractivity contribution in [2.75, 3.05) is 0 Å². The molecule has 0 N–H and O–H groups in total. The highest BCUT2D eigenvalue weighted by atomic mass is 35.5. The van der Waals surface area contributed by atoms with Gasteiger partial charge in [0.1, 0.15) is 0 Å². The Hall–Kier alpha value is -3.05. The quantitative estimate of drug-likeness (QED) is 0.504. The molecule has 6 heteroatoms. The van der Waals surface area contributed by atoms with E-state index in [1.807, 2.05) is 0 Å². The first-order valence-electron chi connectivity index (χ1n) is 8.21. The van der Waals surface area contributed by atoms with Crippen molar-refractivity contribution in [3.63, 3.8) is 0 Å². The largest absolute Gasteiger partial charge is 0.282 e. The minimum Gasteiger partial charge on any atom is -0.282 e. The third-order valence-corrected chi connectivity index (χ3v) is 4.59. The Kier molecular flexibility index (Phi) is 4.46. The lowest BCUT2D eigenvalue weighted by Gasteiger charge is -2.10. The number of fused-ring (bicyclic) bond motifs is 1. The zero-order chi connectivity index (χ0) is 19.0. The van der Waals surface area contributed by atoms with Crippen LogP contribution in [0.1, 0.15) is 11.1 Å². The normalized spacial score (nSPS) is 11.1. The molecule has 4 rings (SSSR count). The average molecular weight is 383 g/mol. The Balaban J connectivity index is 1.76. The van der Waals surface area contributed by atoms with Crippen molar-refractivity contribution in [1.82, 2.24) is 9.55 Å². The summed E-state index contributed by atoms with van der Waals surface area (Å²) < 4.78 is 28.8. The highest BCUT2D eigenvalue weighted by Crippen LogP contribution is 2.19. The monoisotopic (exact) mass is 382 g/mol. The molecule has 0 aliphatic rings. The van der Waals surface area contributed by atoms with E-state index in [0.29, 0.717) is 21.7 Å². The molecule has 0 unspecified atom stereocenters. The van der Waals surface area contributed by atoms with E-state index in [0.717, 1.165) is 11.5 Å². The van der Waals surface area contributed by atoms with Gasteiger partial charge in [0.05, 0.1) is 11.9 Å². The van der Waals surface area contributed by atoms with Crippen LogP contribution in [0.25, 0.3) is 16.5 Å². The zero-order valence-corrected chi connectivity index (χ0v) is 14.8. The Labute approximate surface area is 158 Å². The number of hydrogen-bond acceptors (Lipinski definition) is 2. The molecule has 4 aromatic rings. The molecule has 0 bridgehead atoms. The minimum atomic E-state index is -0.888. The molecule has 0 spiro atoms. The summed E-state index contributed by atoms with van der Waals surface area (Å²) in [5.41, 5.74) is 1.24. The lowest BCUT2D eigenvalue weighted by Crippen LogP contribution is -2.18. The van der Waals surface area contributed by atoms with Crippen molar-refractivity contribution >= 4 is 22.4 Å². The summed E-state index contributed by atoms with van der Waals surface area (Å²) >= 11 is 5.97. The van der Waals surface area contributed by atoms with E-state index >= 15 is 0 Å². The second-order valence-corrected chi connectivity index (χ2v) is 6.60. The summed E-state index contributed by atoms with van der Waals surface area (Å²) in [5.74, 6) is -1.76. The molecule has 0 saturated heterocycles. The molecule has 134 valence electrons. The smallest absolute Gasteiger partial charge is 0.263 e. The maximum absolute atomic E-state index is 13.9. The summed E-state index contributed by atoms with van der Waals surface area (Å²) in [7, 11) is 0. The van der Waals surface area contributed by atoms with Crippen LogP contribution in [0.15, 0.2) is 71.9 Å². The van der Waals surface area contributed by atoms with Gasteiger partial charge < -0.3 is 0 Å². The summed E-state index contributed by atoms with van der Waals surface area (Å²) in [4.78, 5) is 16.9. The van der Waals surface area contributed by atoms with Crippen molar-refractivity contribution in [3.8, 4) is 5.69 Å². The van der Waals surface area contributed by atoms with Gasteiger partial charge >= 0.3 is 0 Å². The van der Waals surface area contributed by atoms with E-state index in [9.17, 15) is 13.6 Å². The molecular formula is C21H13ClF2N2O. The number of benzene rings is 2. The molecule has 27 heavy (non-hydrogen) atoms. The molecule has 0 aliphatic carbocycles. The van der Waals surface area contributed by atoms with Crippen molar-refractivity contribution in [3.05, 3.63) is 105 Å². The van der Waals surface area contributed by atoms with Crippen LogP contribution in [-0.4, -0.2) is 9.55 Å². The van der Waals surface area contributed by atoms with Crippen LogP contribution in [0.3, 0.4) is 0 Å². The summed E-state index contributed by atoms with van der Waals surface area (Å²) in [6, 6.07) is 12.7. The van der Waals surface area contributed by atoms with Crippen LogP contribution >= 0.6 is 11.6 Å². The minimum absolute atomic E-state index is 0.169. The van der Waals surface area contributed by atoms with Crippen LogP contribution in [0, 0.1) is 11.6 Å². The van der Waals surface area contributed by atoms with Crippen LogP contribution in [0.2, 0.25) is 5.02 Å². The van der Waals surface area contributed by atoms with E-state index in [1.165, 1.54) is 16.7 Å². The van der Waals surface area contributed by atoms with Gasteiger partial charge in [-0.1, -0.05) is 23.7 Å². The first kappa shape index (κ1) is 17.4. The van der Waals surface area contributed by atoms with Crippen LogP contribution in [0.5, 0.6) is 0 Å². The van der Waals surface area contributed by atoms with Gasteiger partial charge in [0.2, 0.25) is 0 Å². The van der Waals surface area contributed by atoms with E-state index in [4.69, 9.17) is 11.6 Å². The number of hydrogen-bond donors (Lipinski definition) is 0. The topological polar surface area (TPSA) is 34.9 Å². The second kappa shape index (κ2) is 6.93. The second-order valence-electron chi connectivity index (χ2n) is 6.16.